The van der Waals surface area contributed by atoms with Gasteiger partial charge in [0, 0.05) is 6.04 Å². The largest absolute Gasteiger partial charge is 0.342 e. The van der Waals surface area contributed by atoms with Gasteiger partial charge in [-0.1, -0.05) is 0 Å². The molecule has 1 unspecified atom stereocenters. The summed E-state index contributed by atoms with van der Waals surface area (Å²) in [6, 6.07) is 0.225. The van der Waals surface area contributed by atoms with E-state index in [9.17, 15) is 4.79 Å². The zero-order valence-corrected chi connectivity index (χ0v) is 12.1. The molecule has 0 saturated heterocycles. The molecule has 0 amide bonds. The van der Waals surface area contributed by atoms with E-state index in [-0.39, 0.29) is 11.7 Å². The van der Waals surface area contributed by atoms with Gasteiger partial charge in [-0.2, -0.15) is 0 Å². The van der Waals surface area contributed by atoms with Crippen molar-refractivity contribution < 1.29 is 0 Å². The van der Waals surface area contributed by atoms with Gasteiger partial charge < -0.3 is 0 Å². The number of H-pyrrole nitrogens is 2. The Hall–Kier alpha value is -0.840. The molecule has 0 aliphatic heterocycles. The maximum atomic E-state index is 12.0. The van der Waals surface area contributed by atoms with E-state index in [1.165, 1.54) is 38.5 Å². The van der Waals surface area contributed by atoms with Crippen LogP contribution in [0.4, 0.5) is 0 Å². The third-order valence-electron chi connectivity index (χ3n) is 6.07. The van der Waals surface area contributed by atoms with E-state index < -0.39 is 0 Å². The number of hydrogen-bond donors (Lipinski definition) is 2. The van der Waals surface area contributed by atoms with Crippen molar-refractivity contribution in [3.05, 3.63) is 15.3 Å². The van der Waals surface area contributed by atoms with Gasteiger partial charge >= 0.3 is 5.69 Å². The molecule has 19 heavy (non-hydrogen) atoms. The van der Waals surface area contributed by atoms with Gasteiger partial charge in [-0.25, -0.2) is 9.89 Å². The van der Waals surface area contributed by atoms with Crippen molar-refractivity contribution in [2.75, 3.05) is 0 Å². The number of nitrogens with one attached hydrogen (secondary N) is 2. The van der Waals surface area contributed by atoms with Crippen molar-refractivity contribution >= 4 is 12.2 Å². The van der Waals surface area contributed by atoms with Crippen LogP contribution in [0, 0.1) is 27.9 Å². The third kappa shape index (κ3) is 1.63. The first-order valence-corrected chi connectivity index (χ1v) is 7.87. The number of rotatable bonds is 2. The second-order valence-corrected chi connectivity index (χ2v) is 7.57. The van der Waals surface area contributed by atoms with Crippen LogP contribution in [0.15, 0.2) is 4.79 Å². The van der Waals surface area contributed by atoms with Crippen LogP contribution >= 0.6 is 12.2 Å². The lowest BCUT2D eigenvalue weighted by atomic mass is 9.48. The average Bonchev–Trinajstić information content (AvgIpc) is 2.66. The topological polar surface area (TPSA) is 53.6 Å². The van der Waals surface area contributed by atoms with Gasteiger partial charge in [-0.05, 0) is 80.8 Å². The predicted octanol–water partition coefficient (Wildman–Crippen LogP) is 3.01. The van der Waals surface area contributed by atoms with Crippen LogP contribution in [-0.4, -0.2) is 14.8 Å². The summed E-state index contributed by atoms with van der Waals surface area (Å²) in [7, 11) is 0. The minimum Gasteiger partial charge on any atom is -0.272 e. The van der Waals surface area contributed by atoms with Gasteiger partial charge in [-0.15, -0.1) is 0 Å². The lowest BCUT2D eigenvalue weighted by molar-refractivity contribution is -0.0796. The summed E-state index contributed by atoms with van der Waals surface area (Å²) < 4.78 is 2.33. The Bertz CT molecular complexity index is 548. The molecule has 2 N–H and O–H groups in total. The number of aromatic nitrogens is 3. The van der Waals surface area contributed by atoms with E-state index in [0.29, 0.717) is 10.2 Å². The standard InChI is InChI=1S/C14H21N3OS/c1-8(17-12(18)15-16-13(17)19)14-5-9-2-10(6-14)4-11(3-9)7-14/h8-11H,2-7H2,1H3,(H,15,18)(H,16,19). The number of hydrogen-bond acceptors (Lipinski definition) is 2. The molecule has 0 spiro atoms. The zero-order chi connectivity index (χ0) is 13.2. The molecule has 0 aromatic carbocycles. The summed E-state index contributed by atoms with van der Waals surface area (Å²) in [5.41, 5.74) is 0.246. The first-order valence-electron chi connectivity index (χ1n) is 7.46. The molecule has 5 heteroatoms. The molecule has 1 aromatic rings. The van der Waals surface area contributed by atoms with E-state index in [0.717, 1.165) is 17.8 Å². The Kier molecular flexibility index (Phi) is 2.41. The van der Waals surface area contributed by atoms with Gasteiger partial charge in [0.05, 0.1) is 0 Å². The molecule has 5 rings (SSSR count). The summed E-state index contributed by atoms with van der Waals surface area (Å²) in [6.45, 7) is 2.20. The highest BCUT2D eigenvalue weighted by molar-refractivity contribution is 7.71. The van der Waals surface area contributed by atoms with E-state index in [1.54, 1.807) is 4.57 Å². The van der Waals surface area contributed by atoms with Crippen LogP contribution in [0.5, 0.6) is 0 Å². The first-order chi connectivity index (χ1) is 9.07. The van der Waals surface area contributed by atoms with Crippen LogP contribution < -0.4 is 5.69 Å². The van der Waals surface area contributed by atoms with Gasteiger partial charge in [0.2, 0.25) is 0 Å². The van der Waals surface area contributed by atoms with Crippen molar-refractivity contribution in [1.29, 1.82) is 0 Å². The highest BCUT2D eigenvalue weighted by atomic mass is 32.1. The van der Waals surface area contributed by atoms with Crippen molar-refractivity contribution in [2.24, 2.45) is 23.2 Å². The summed E-state index contributed by atoms with van der Waals surface area (Å²) in [5.74, 6) is 2.71. The van der Waals surface area contributed by atoms with Crippen molar-refractivity contribution in [1.82, 2.24) is 14.8 Å². The molecule has 4 aliphatic rings. The molecule has 4 aliphatic carbocycles. The smallest absolute Gasteiger partial charge is 0.272 e. The normalized spacial score (nSPS) is 41.6. The van der Waals surface area contributed by atoms with E-state index in [4.69, 9.17) is 12.2 Å². The SMILES string of the molecule is CC(n1c(=O)[nH][nH]c1=S)C12CC3CC(CC(C3)C1)C2. The second kappa shape index (κ2) is 3.84. The number of aromatic amines is 2. The average molecular weight is 279 g/mol. The molecule has 4 bridgehead atoms. The maximum absolute atomic E-state index is 12.0. The summed E-state index contributed by atoms with van der Waals surface area (Å²) in [5, 5.41) is 5.42. The Balaban J connectivity index is 1.76. The summed E-state index contributed by atoms with van der Waals surface area (Å²) in [4.78, 5) is 12.0. The van der Waals surface area contributed by atoms with Crippen molar-refractivity contribution in [3.8, 4) is 0 Å². The van der Waals surface area contributed by atoms with E-state index in [2.05, 4.69) is 17.1 Å². The quantitative estimate of drug-likeness (QED) is 0.818. The first kappa shape index (κ1) is 11.9. The molecule has 4 saturated carbocycles. The third-order valence-corrected chi connectivity index (χ3v) is 6.37. The van der Waals surface area contributed by atoms with E-state index >= 15 is 0 Å². The van der Waals surface area contributed by atoms with Crippen LogP contribution in [0.3, 0.4) is 0 Å². The Morgan fingerprint density at radius 1 is 1.16 bits per heavy atom. The van der Waals surface area contributed by atoms with Gasteiger partial charge in [0.25, 0.3) is 0 Å². The lowest BCUT2D eigenvalue weighted by Gasteiger charge is -2.59. The molecule has 4 fully saturated rings. The van der Waals surface area contributed by atoms with Gasteiger partial charge in [0.15, 0.2) is 4.77 Å². The van der Waals surface area contributed by atoms with Crippen molar-refractivity contribution in [2.45, 2.75) is 51.5 Å². The summed E-state index contributed by atoms with van der Waals surface area (Å²) in [6.07, 6.45) is 8.19. The van der Waals surface area contributed by atoms with E-state index in [1.807, 2.05) is 0 Å². The summed E-state index contributed by atoms with van der Waals surface area (Å²) >= 11 is 5.28. The lowest BCUT2D eigenvalue weighted by Crippen LogP contribution is -2.50. The molecule has 1 heterocycles. The maximum Gasteiger partial charge on any atom is 0.342 e. The molecular formula is C14H21N3OS. The number of nitrogens with zero attached hydrogens (tertiary/aromatic N) is 1. The van der Waals surface area contributed by atoms with Crippen LogP contribution in [0.25, 0.3) is 0 Å². The minimum absolute atomic E-state index is 0.0757. The fourth-order valence-electron chi connectivity index (χ4n) is 5.63. The molecular weight excluding hydrogens is 258 g/mol. The second-order valence-electron chi connectivity index (χ2n) is 7.19. The molecule has 104 valence electrons. The Morgan fingerprint density at radius 2 is 1.68 bits per heavy atom. The molecule has 1 atom stereocenters. The highest BCUT2D eigenvalue weighted by Gasteiger charge is 2.53. The fraction of sp³-hybridized carbons (Fsp3) is 0.857. The monoisotopic (exact) mass is 279 g/mol. The fourth-order valence-corrected chi connectivity index (χ4v) is 5.93. The van der Waals surface area contributed by atoms with Crippen LogP contribution in [0.1, 0.15) is 51.5 Å². The Labute approximate surface area is 117 Å². The zero-order valence-electron chi connectivity index (χ0n) is 11.3. The van der Waals surface area contributed by atoms with Crippen LogP contribution in [0.2, 0.25) is 0 Å². The van der Waals surface area contributed by atoms with Gasteiger partial charge in [0.1, 0.15) is 0 Å². The van der Waals surface area contributed by atoms with Crippen molar-refractivity contribution in [3.63, 3.8) is 0 Å². The predicted molar refractivity (Wildman–Crippen MR) is 75.6 cm³/mol. The Morgan fingerprint density at radius 3 is 2.11 bits per heavy atom. The molecule has 4 nitrogen and oxygen atoms in total. The molecule has 1 aromatic heterocycles. The van der Waals surface area contributed by atoms with Gasteiger partial charge in [-0.3, -0.25) is 9.67 Å². The van der Waals surface area contributed by atoms with Crippen LogP contribution in [-0.2, 0) is 0 Å². The molecule has 0 radical (unpaired) electrons. The minimum atomic E-state index is -0.0757. The highest BCUT2D eigenvalue weighted by Crippen LogP contribution is 2.63.